The van der Waals surface area contributed by atoms with Crippen molar-refractivity contribution in [3.8, 4) is 0 Å². The summed E-state index contributed by atoms with van der Waals surface area (Å²) in [6, 6.07) is 15.3. The fourth-order valence-electron chi connectivity index (χ4n) is 1.51. The molecule has 0 saturated carbocycles. The maximum Gasteiger partial charge on any atom is 0.238 e. The molecule has 0 aliphatic rings. The van der Waals surface area contributed by atoms with Crippen LogP contribution in [0.2, 0.25) is 0 Å². The topological polar surface area (TPSA) is 101 Å². The number of hydrazine groups is 2. The number of sulfonamides is 1. The van der Waals surface area contributed by atoms with Gasteiger partial charge in [-0.25, -0.2) is 24.5 Å². The van der Waals surface area contributed by atoms with E-state index in [0.717, 1.165) is 5.69 Å². The molecular weight excluding hydrogens is 300 g/mol. The number of anilines is 2. The quantitative estimate of drug-likeness (QED) is 0.586. The Morgan fingerprint density at radius 2 is 1.50 bits per heavy atom. The first-order valence-electron chi connectivity index (χ1n) is 5.46. The number of para-hydroxylation sites is 1. The van der Waals surface area contributed by atoms with E-state index in [1.165, 1.54) is 17.3 Å². The number of nitrogens with zero attached hydrogens (tertiary/aromatic N) is 1. The van der Waals surface area contributed by atoms with Crippen molar-refractivity contribution in [2.45, 2.75) is 4.90 Å². The molecule has 0 aliphatic carbocycles. The summed E-state index contributed by atoms with van der Waals surface area (Å²) in [6.07, 6.45) is 0. The molecule has 6 nitrogen and oxygen atoms in total. The van der Waals surface area contributed by atoms with Gasteiger partial charge in [-0.2, -0.15) is 0 Å². The number of rotatable bonds is 4. The zero-order valence-electron chi connectivity index (χ0n) is 10.4. The van der Waals surface area contributed by atoms with Gasteiger partial charge in [-0.05, 0) is 36.4 Å². The molecule has 8 heteroatoms. The molecule has 2 aromatic rings. The Bertz CT molecular complexity index is 647. The summed E-state index contributed by atoms with van der Waals surface area (Å²) >= 11 is 0. The molecule has 2 rings (SSSR count). The van der Waals surface area contributed by atoms with Crippen LogP contribution in [-0.4, -0.2) is 8.42 Å². The lowest BCUT2D eigenvalue weighted by Gasteiger charge is -2.20. The van der Waals surface area contributed by atoms with Gasteiger partial charge in [0.1, 0.15) is 0 Å². The normalized spacial score (nSPS) is 10.5. The molecule has 0 spiro atoms. The smallest absolute Gasteiger partial charge is 0.238 e. The van der Waals surface area contributed by atoms with E-state index >= 15 is 0 Å². The van der Waals surface area contributed by atoms with Crippen molar-refractivity contribution in [1.82, 2.24) is 0 Å². The van der Waals surface area contributed by atoms with Crippen molar-refractivity contribution in [1.29, 1.82) is 0 Å². The predicted octanol–water partition coefficient (Wildman–Crippen LogP) is 1.46. The van der Waals surface area contributed by atoms with E-state index in [-0.39, 0.29) is 17.3 Å². The molecule has 0 aliphatic heterocycles. The lowest BCUT2D eigenvalue weighted by molar-refractivity contribution is 0.598. The second kappa shape index (κ2) is 6.58. The third kappa shape index (κ3) is 4.10. The number of halogens is 1. The Morgan fingerprint density at radius 3 is 2.00 bits per heavy atom. The first kappa shape index (κ1) is 16.3. The third-order valence-corrected chi connectivity index (χ3v) is 3.40. The molecule has 0 fully saturated rings. The van der Waals surface area contributed by atoms with Crippen LogP contribution in [0.25, 0.3) is 0 Å². The van der Waals surface area contributed by atoms with Crippen molar-refractivity contribution in [2.24, 2.45) is 11.0 Å². The van der Waals surface area contributed by atoms with E-state index in [1.807, 2.05) is 30.3 Å². The molecule has 0 amide bonds. The number of nitrogens with one attached hydrogen (secondary N) is 1. The Hall–Kier alpha value is -1.80. The van der Waals surface area contributed by atoms with Crippen molar-refractivity contribution in [2.75, 3.05) is 10.5 Å². The highest BCUT2D eigenvalue weighted by atomic mass is 35.5. The number of benzene rings is 2. The zero-order chi connectivity index (χ0) is 13.9. The van der Waals surface area contributed by atoms with Crippen LogP contribution in [0, 0.1) is 0 Å². The Labute approximate surface area is 123 Å². The van der Waals surface area contributed by atoms with Gasteiger partial charge in [-0.1, -0.05) is 18.2 Å². The molecule has 0 atom stereocenters. The van der Waals surface area contributed by atoms with Crippen LogP contribution in [0.5, 0.6) is 0 Å². The number of nitrogens with two attached hydrogens (primary N) is 2. The van der Waals surface area contributed by atoms with Gasteiger partial charge in [0.2, 0.25) is 10.0 Å². The SMILES string of the molecule is Cl.NN(Nc1ccc(S(N)(=O)=O)cc1)c1ccccc1. The van der Waals surface area contributed by atoms with Gasteiger partial charge >= 0.3 is 0 Å². The average Bonchev–Trinajstić information content (AvgIpc) is 2.39. The summed E-state index contributed by atoms with van der Waals surface area (Å²) in [5.41, 5.74) is 4.34. The fraction of sp³-hybridized carbons (Fsp3) is 0. The number of hydrogen-bond acceptors (Lipinski definition) is 5. The molecular formula is C12H15ClN4O2S. The lowest BCUT2D eigenvalue weighted by Crippen LogP contribution is -2.36. The highest BCUT2D eigenvalue weighted by Gasteiger charge is 2.07. The third-order valence-electron chi connectivity index (χ3n) is 2.47. The molecule has 0 saturated heterocycles. The number of primary sulfonamides is 1. The Morgan fingerprint density at radius 1 is 0.950 bits per heavy atom. The number of hydrogen-bond donors (Lipinski definition) is 3. The van der Waals surface area contributed by atoms with Crippen molar-refractivity contribution < 1.29 is 8.42 Å². The molecule has 20 heavy (non-hydrogen) atoms. The molecule has 108 valence electrons. The Kier molecular flexibility index (Phi) is 5.34. The van der Waals surface area contributed by atoms with E-state index in [4.69, 9.17) is 11.0 Å². The van der Waals surface area contributed by atoms with Crippen LogP contribution >= 0.6 is 12.4 Å². The molecule has 0 radical (unpaired) electrons. The summed E-state index contributed by atoms with van der Waals surface area (Å²) in [5, 5.41) is 6.36. The molecule has 2 aromatic carbocycles. The highest BCUT2D eigenvalue weighted by Crippen LogP contribution is 2.15. The maximum absolute atomic E-state index is 11.1. The first-order chi connectivity index (χ1) is 8.97. The van der Waals surface area contributed by atoms with Crippen LogP contribution in [0.1, 0.15) is 0 Å². The van der Waals surface area contributed by atoms with Crippen LogP contribution in [0.15, 0.2) is 59.5 Å². The molecule has 0 aromatic heterocycles. The van der Waals surface area contributed by atoms with Crippen molar-refractivity contribution in [3.05, 3.63) is 54.6 Å². The minimum absolute atomic E-state index is 0. The molecule has 0 bridgehead atoms. The van der Waals surface area contributed by atoms with Gasteiger partial charge in [-0.15, -0.1) is 12.4 Å². The van der Waals surface area contributed by atoms with Gasteiger partial charge < -0.3 is 0 Å². The zero-order valence-corrected chi connectivity index (χ0v) is 12.1. The molecule has 0 heterocycles. The minimum atomic E-state index is -3.67. The molecule has 0 unspecified atom stereocenters. The lowest BCUT2D eigenvalue weighted by atomic mass is 10.3. The van der Waals surface area contributed by atoms with Gasteiger partial charge in [-0.3, -0.25) is 5.43 Å². The van der Waals surface area contributed by atoms with E-state index in [9.17, 15) is 8.42 Å². The van der Waals surface area contributed by atoms with Crippen LogP contribution in [0.3, 0.4) is 0 Å². The van der Waals surface area contributed by atoms with E-state index in [1.54, 1.807) is 12.1 Å². The van der Waals surface area contributed by atoms with E-state index in [2.05, 4.69) is 5.43 Å². The van der Waals surface area contributed by atoms with Gasteiger partial charge in [0.05, 0.1) is 16.3 Å². The summed E-state index contributed by atoms with van der Waals surface area (Å²) in [4.78, 5) is 0.0568. The predicted molar refractivity (Wildman–Crippen MR) is 81.8 cm³/mol. The average molecular weight is 315 g/mol. The van der Waals surface area contributed by atoms with Crippen molar-refractivity contribution >= 4 is 33.8 Å². The van der Waals surface area contributed by atoms with Crippen LogP contribution < -0.4 is 21.5 Å². The van der Waals surface area contributed by atoms with Crippen LogP contribution in [0.4, 0.5) is 11.4 Å². The van der Waals surface area contributed by atoms with Gasteiger partial charge in [0.25, 0.3) is 0 Å². The monoisotopic (exact) mass is 314 g/mol. The Balaban J connectivity index is 0.00000200. The van der Waals surface area contributed by atoms with Gasteiger partial charge in [0.15, 0.2) is 0 Å². The summed E-state index contributed by atoms with van der Waals surface area (Å²) in [6.45, 7) is 0. The van der Waals surface area contributed by atoms with E-state index in [0.29, 0.717) is 5.69 Å². The van der Waals surface area contributed by atoms with Crippen LogP contribution in [-0.2, 0) is 10.0 Å². The molecule has 5 N–H and O–H groups in total. The standard InChI is InChI=1S/C12H14N4O2S.ClH/c13-16(11-4-2-1-3-5-11)15-10-6-8-12(9-7-10)19(14,17)18;/h1-9,15H,13H2,(H2,14,17,18);1H. The second-order valence-corrected chi connectivity index (χ2v) is 5.45. The largest absolute Gasteiger partial charge is 0.284 e. The van der Waals surface area contributed by atoms with Crippen molar-refractivity contribution in [3.63, 3.8) is 0 Å². The van der Waals surface area contributed by atoms with E-state index < -0.39 is 10.0 Å². The first-order valence-corrected chi connectivity index (χ1v) is 7.01. The summed E-state index contributed by atoms with van der Waals surface area (Å²) < 4.78 is 22.2. The summed E-state index contributed by atoms with van der Waals surface area (Å²) in [5.74, 6) is 5.83. The van der Waals surface area contributed by atoms with Gasteiger partial charge in [0, 0.05) is 0 Å². The fourth-order valence-corrected chi connectivity index (χ4v) is 2.03. The second-order valence-electron chi connectivity index (χ2n) is 3.89. The summed E-state index contributed by atoms with van der Waals surface area (Å²) in [7, 11) is -3.67. The highest BCUT2D eigenvalue weighted by molar-refractivity contribution is 7.89. The maximum atomic E-state index is 11.1. The minimum Gasteiger partial charge on any atom is -0.284 e.